The Bertz CT molecular complexity index is 1380. The van der Waals surface area contributed by atoms with Gasteiger partial charge in [-0.25, -0.2) is 9.59 Å². The van der Waals surface area contributed by atoms with E-state index >= 15 is 0 Å². The van der Waals surface area contributed by atoms with Crippen LogP contribution in [0.1, 0.15) is 24.0 Å². The number of para-hydroxylation sites is 1. The van der Waals surface area contributed by atoms with E-state index in [2.05, 4.69) is 17.1 Å². The first-order chi connectivity index (χ1) is 15.9. The standard InChI is InChI=1S/C27H24N2O4/c1-16(18-10-13-24-21(15-18)20-6-4-5-7-23(20)28-24)27-32-25(30)22(26(31)33-27)14-17-8-11-19(12-9-17)29(2)3/h4-16,27-28H,1-3H3. The van der Waals surface area contributed by atoms with Crippen molar-refractivity contribution in [3.05, 3.63) is 83.4 Å². The van der Waals surface area contributed by atoms with Crippen LogP contribution in [0.25, 0.3) is 27.9 Å². The van der Waals surface area contributed by atoms with Crippen LogP contribution in [0.3, 0.4) is 0 Å². The van der Waals surface area contributed by atoms with Gasteiger partial charge in [-0.2, -0.15) is 0 Å². The van der Waals surface area contributed by atoms with Crippen LogP contribution < -0.4 is 4.90 Å². The van der Waals surface area contributed by atoms with Gasteiger partial charge in [0.1, 0.15) is 5.57 Å². The number of carbonyl (C=O) groups is 2. The Morgan fingerprint density at radius 3 is 2.24 bits per heavy atom. The first-order valence-corrected chi connectivity index (χ1v) is 10.8. The summed E-state index contributed by atoms with van der Waals surface area (Å²) in [5.74, 6) is -1.67. The monoisotopic (exact) mass is 440 g/mol. The molecular formula is C27H24N2O4. The molecule has 1 N–H and O–H groups in total. The van der Waals surface area contributed by atoms with Gasteiger partial charge in [0.15, 0.2) is 0 Å². The summed E-state index contributed by atoms with van der Waals surface area (Å²) in [6.45, 7) is 1.88. The summed E-state index contributed by atoms with van der Waals surface area (Å²) < 4.78 is 11.1. The number of rotatable bonds is 4. The topological polar surface area (TPSA) is 71.6 Å². The Kier molecular flexibility index (Phi) is 5.13. The number of esters is 2. The number of nitrogens with zero attached hydrogens (tertiary/aromatic N) is 1. The van der Waals surface area contributed by atoms with E-state index in [0.29, 0.717) is 0 Å². The number of aromatic amines is 1. The molecule has 0 saturated carbocycles. The fraction of sp³-hybridized carbons (Fsp3) is 0.185. The SMILES string of the molecule is CC(c1ccc2[nH]c3ccccc3c2c1)C1OC(=O)C(=Cc2ccc(N(C)C)cc2)C(=O)O1. The van der Waals surface area contributed by atoms with Crippen molar-refractivity contribution in [2.24, 2.45) is 0 Å². The maximum Gasteiger partial charge on any atom is 0.348 e. The number of hydrogen-bond acceptors (Lipinski definition) is 5. The number of cyclic esters (lactones) is 2. The number of anilines is 1. The highest BCUT2D eigenvalue weighted by molar-refractivity contribution is 6.18. The smallest absolute Gasteiger partial charge is 0.348 e. The molecule has 1 aromatic heterocycles. The van der Waals surface area contributed by atoms with Gasteiger partial charge in [0.05, 0.1) is 5.92 Å². The fourth-order valence-corrected chi connectivity index (χ4v) is 4.11. The number of nitrogens with one attached hydrogen (secondary N) is 1. The minimum atomic E-state index is -0.985. The van der Waals surface area contributed by atoms with Gasteiger partial charge in [0.2, 0.25) is 0 Å². The van der Waals surface area contributed by atoms with Crippen LogP contribution in [-0.2, 0) is 19.1 Å². The van der Waals surface area contributed by atoms with Crippen molar-refractivity contribution >= 4 is 45.5 Å². The molecule has 1 fully saturated rings. The van der Waals surface area contributed by atoms with Crippen molar-refractivity contribution in [3.8, 4) is 0 Å². The van der Waals surface area contributed by atoms with Crippen LogP contribution in [0.5, 0.6) is 0 Å². The lowest BCUT2D eigenvalue weighted by Gasteiger charge is -2.28. The zero-order chi connectivity index (χ0) is 23.1. The minimum absolute atomic E-state index is 0.108. The van der Waals surface area contributed by atoms with Gasteiger partial charge in [0, 0.05) is 41.6 Å². The third kappa shape index (κ3) is 3.84. The highest BCUT2D eigenvalue weighted by Gasteiger charge is 2.37. The van der Waals surface area contributed by atoms with Crippen molar-refractivity contribution in [1.82, 2.24) is 4.98 Å². The Labute approximate surface area is 191 Å². The largest absolute Gasteiger partial charge is 0.421 e. The van der Waals surface area contributed by atoms with E-state index < -0.39 is 18.2 Å². The average molecular weight is 440 g/mol. The Balaban J connectivity index is 1.38. The highest BCUT2D eigenvalue weighted by Crippen LogP contribution is 2.32. The molecule has 1 aliphatic rings. The van der Waals surface area contributed by atoms with Gasteiger partial charge in [0.25, 0.3) is 6.29 Å². The molecule has 6 nitrogen and oxygen atoms in total. The molecule has 0 radical (unpaired) electrons. The fourth-order valence-electron chi connectivity index (χ4n) is 4.11. The first-order valence-electron chi connectivity index (χ1n) is 10.8. The van der Waals surface area contributed by atoms with Gasteiger partial charge in [-0.15, -0.1) is 0 Å². The summed E-state index contributed by atoms with van der Waals surface area (Å²) in [6, 6.07) is 21.6. The Morgan fingerprint density at radius 1 is 0.879 bits per heavy atom. The van der Waals surface area contributed by atoms with Gasteiger partial charge >= 0.3 is 11.9 Å². The number of benzene rings is 3. The molecule has 0 amide bonds. The molecule has 1 saturated heterocycles. The number of aromatic nitrogens is 1. The highest BCUT2D eigenvalue weighted by atomic mass is 16.7. The van der Waals surface area contributed by atoms with Gasteiger partial charge in [-0.1, -0.05) is 43.3 Å². The van der Waals surface area contributed by atoms with Crippen LogP contribution >= 0.6 is 0 Å². The molecule has 6 heteroatoms. The molecule has 0 aliphatic carbocycles. The third-order valence-corrected chi connectivity index (χ3v) is 6.07. The van der Waals surface area contributed by atoms with Crippen LogP contribution in [0.4, 0.5) is 5.69 Å². The lowest BCUT2D eigenvalue weighted by Crippen LogP contribution is -2.37. The van der Waals surface area contributed by atoms with E-state index in [1.807, 2.05) is 80.5 Å². The lowest BCUT2D eigenvalue weighted by molar-refractivity contribution is -0.197. The zero-order valence-corrected chi connectivity index (χ0v) is 18.7. The van der Waals surface area contributed by atoms with Crippen molar-refractivity contribution < 1.29 is 19.1 Å². The van der Waals surface area contributed by atoms with Crippen LogP contribution in [0.15, 0.2) is 72.3 Å². The minimum Gasteiger partial charge on any atom is -0.421 e. The summed E-state index contributed by atoms with van der Waals surface area (Å²) in [6.07, 6.45) is 0.518. The molecule has 3 aromatic carbocycles. The molecule has 1 aliphatic heterocycles. The number of hydrogen-bond donors (Lipinski definition) is 1. The van der Waals surface area contributed by atoms with Gasteiger partial charge < -0.3 is 19.4 Å². The third-order valence-electron chi connectivity index (χ3n) is 6.07. The molecule has 4 aromatic rings. The molecular weight excluding hydrogens is 416 g/mol. The second-order valence-electron chi connectivity index (χ2n) is 8.49. The molecule has 33 heavy (non-hydrogen) atoms. The van der Waals surface area contributed by atoms with E-state index in [0.717, 1.165) is 38.6 Å². The van der Waals surface area contributed by atoms with E-state index in [-0.39, 0.29) is 11.5 Å². The maximum absolute atomic E-state index is 12.7. The first kappa shape index (κ1) is 20.8. The summed E-state index contributed by atoms with van der Waals surface area (Å²) >= 11 is 0. The number of fused-ring (bicyclic) bond motifs is 3. The van der Waals surface area contributed by atoms with E-state index in [9.17, 15) is 9.59 Å². The van der Waals surface area contributed by atoms with E-state index in [4.69, 9.17) is 9.47 Å². The van der Waals surface area contributed by atoms with E-state index in [1.165, 1.54) is 6.08 Å². The second-order valence-corrected chi connectivity index (χ2v) is 8.49. The van der Waals surface area contributed by atoms with Gasteiger partial charge in [-0.3, -0.25) is 0 Å². The van der Waals surface area contributed by atoms with Crippen molar-refractivity contribution in [2.75, 3.05) is 19.0 Å². The Hall–Kier alpha value is -4.06. The summed E-state index contributed by atoms with van der Waals surface area (Å²) in [5.41, 5.74) is 4.64. The molecule has 166 valence electrons. The van der Waals surface area contributed by atoms with Crippen LogP contribution in [0.2, 0.25) is 0 Å². The molecule has 2 heterocycles. The molecule has 0 bridgehead atoms. The van der Waals surface area contributed by atoms with Crippen molar-refractivity contribution in [2.45, 2.75) is 19.1 Å². The van der Waals surface area contributed by atoms with Crippen molar-refractivity contribution in [3.63, 3.8) is 0 Å². The molecule has 5 rings (SSSR count). The van der Waals surface area contributed by atoms with E-state index in [1.54, 1.807) is 0 Å². The number of ether oxygens (including phenoxy) is 2. The summed E-state index contributed by atoms with van der Waals surface area (Å²) in [5, 5.41) is 2.19. The predicted molar refractivity (Wildman–Crippen MR) is 129 cm³/mol. The predicted octanol–water partition coefficient (Wildman–Crippen LogP) is 5.00. The lowest BCUT2D eigenvalue weighted by atomic mass is 9.97. The molecule has 1 unspecified atom stereocenters. The number of carbonyl (C=O) groups excluding carboxylic acids is 2. The summed E-state index contributed by atoms with van der Waals surface area (Å²) in [4.78, 5) is 30.7. The summed E-state index contributed by atoms with van der Waals surface area (Å²) in [7, 11) is 3.89. The second kappa shape index (κ2) is 8.13. The normalized spacial score (nSPS) is 17.1. The Morgan fingerprint density at radius 2 is 1.55 bits per heavy atom. The van der Waals surface area contributed by atoms with Gasteiger partial charge in [-0.05, 0) is 47.5 Å². The van der Waals surface area contributed by atoms with Crippen LogP contribution in [0, 0.1) is 0 Å². The zero-order valence-electron chi connectivity index (χ0n) is 18.7. The quantitative estimate of drug-likeness (QED) is 0.275. The molecule has 1 atom stereocenters. The maximum atomic E-state index is 12.7. The van der Waals surface area contributed by atoms with Crippen LogP contribution in [-0.4, -0.2) is 37.3 Å². The average Bonchev–Trinajstić information content (AvgIpc) is 3.19. The number of H-pyrrole nitrogens is 1. The van der Waals surface area contributed by atoms with Crippen molar-refractivity contribution in [1.29, 1.82) is 0 Å². The molecule has 0 spiro atoms.